The maximum atomic E-state index is 10.8. The van der Waals surface area contributed by atoms with Crippen molar-refractivity contribution in [1.29, 1.82) is 0 Å². The number of hydrogen-bond donors (Lipinski definition) is 2. The summed E-state index contributed by atoms with van der Waals surface area (Å²) in [6.07, 6.45) is 3.91. The molecule has 0 rings (SSSR count). The lowest BCUT2D eigenvalue weighted by molar-refractivity contribution is -0.139. The van der Waals surface area contributed by atoms with E-state index in [9.17, 15) is 13.2 Å². The molecule has 0 spiro atoms. The van der Waals surface area contributed by atoms with Crippen LogP contribution in [-0.2, 0) is 14.8 Å². The van der Waals surface area contributed by atoms with E-state index in [1.54, 1.807) is 0 Å². The topological polar surface area (TPSA) is 83.5 Å². The van der Waals surface area contributed by atoms with Crippen molar-refractivity contribution in [2.24, 2.45) is 0 Å². The summed E-state index contributed by atoms with van der Waals surface area (Å²) in [6.45, 7) is 2.00. The minimum atomic E-state index is -3.44. The minimum absolute atomic E-state index is 0.343. The first kappa shape index (κ1) is 13.4. The lowest BCUT2D eigenvalue weighted by atomic mass is 10.1. The Morgan fingerprint density at radius 2 is 2.00 bits per heavy atom. The fourth-order valence-corrected chi connectivity index (χ4v) is 1.83. The van der Waals surface area contributed by atoms with E-state index in [2.05, 4.69) is 4.72 Å². The lowest BCUT2D eigenvalue weighted by Gasteiger charge is -2.11. The van der Waals surface area contributed by atoms with Crippen molar-refractivity contribution in [3.63, 3.8) is 0 Å². The second kappa shape index (κ2) is 5.98. The summed E-state index contributed by atoms with van der Waals surface area (Å²) in [6, 6.07) is -0.989. The number of rotatable bonds is 7. The third-order valence-corrected chi connectivity index (χ3v) is 2.46. The molecule has 5 nitrogen and oxygen atoms in total. The Morgan fingerprint density at radius 3 is 2.36 bits per heavy atom. The molecule has 0 saturated heterocycles. The van der Waals surface area contributed by atoms with E-state index in [0.717, 1.165) is 25.5 Å². The maximum Gasteiger partial charge on any atom is 0.321 e. The normalized spacial score (nSPS) is 13.9. The maximum absolute atomic E-state index is 10.8. The van der Waals surface area contributed by atoms with Crippen LogP contribution in [0.1, 0.15) is 32.6 Å². The van der Waals surface area contributed by atoms with Crippen molar-refractivity contribution < 1.29 is 18.3 Å². The number of unbranched alkanes of at least 4 members (excludes halogenated alkanes) is 2. The number of hydrogen-bond acceptors (Lipinski definition) is 3. The average molecular weight is 223 g/mol. The van der Waals surface area contributed by atoms with E-state index >= 15 is 0 Å². The van der Waals surface area contributed by atoms with Gasteiger partial charge in [0.05, 0.1) is 6.26 Å². The van der Waals surface area contributed by atoms with Gasteiger partial charge < -0.3 is 5.11 Å². The van der Waals surface area contributed by atoms with Crippen LogP contribution >= 0.6 is 0 Å². The Balaban J connectivity index is 4.11. The first-order valence-corrected chi connectivity index (χ1v) is 6.46. The van der Waals surface area contributed by atoms with E-state index in [1.807, 2.05) is 6.92 Å². The Morgan fingerprint density at radius 1 is 1.43 bits per heavy atom. The van der Waals surface area contributed by atoms with Gasteiger partial charge in [0.1, 0.15) is 6.04 Å². The van der Waals surface area contributed by atoms with Crippen LogP contribution in [0.4, 0.5) is 0 Å². The highest BCUT2D eigenvalue weighted by Crippen LogP contribution is 2.04. The van der Waals surface area contributed by atoms with Crippen molar-refractivity contribution in [2.75, 3.05) is 6.26 Å². The van der Waals surface area contributed by atoms with E-state index in [-0.39, 0.29) is 0 Å². The molecule has 0 fully saturated rings. The summed E-state index contributed by atoms with van der Waals surface area (Å²) < 4.78 is 23.7. The number of aliphatic carboxylic acids is 1. The monoisotopic (exact) mass is 223 g/mol. The molecular formula is C8H17NO4S. The summed E-state index contributed by atoms with van der Waals surface area (Å²) in [5.74, 6) is -1.12. The molecule has 0 aromatic carbocycles. The van der Waals surface area contributed by atoms with Gasteiger partial charge in [-0.05, 0) is 6.42 Å². The molecule has 1 atom stereocenters. The summed E-state index contributed by atoms with van der Waals surface area (Å²) in [5, 5.41) is 8.71. The van der Waals surface area contributed by atoms with Gasteiger partial charge in [0.15, 0.2) is 0 Å². The summed E-state index contributed by atoms with van der Waals surface area (Å²) >= 11 is 0. The Labute approximate surface area is 84.6 Å². The number of carboxylic acids is 1. The van der Waals surface area contributed by atoms with Crippen LogP contribution < -0.4 is 4.72 Å². The molecule has 84 valence electrons. The number of nitrogens with one attached hydrogen (secondary N) is 1. The van der Waals surface area contributed by atoms with Gasteiger partial charge in [-0.25, -0.2) is 13.1 Å². The molecule has 0 bridgehead atoms. The van der Waals surface area contributed by atoms with Crippen LogP contribution in [-0.4, -0.2) is 31.8 Å². The smallest absolute Gasteiger partial charge is 0.321 e. The lowest BCUT2D eigenvalue weighted by Crippen LogP contribution is -2.40. The summed E-state index contributed by atoms with van der Waals surface area (Å²) in [5.41, 5.74) is 0. The zero-order valence-electron chi connectivity index (χ0n) is 8.49. The quantitative estimate of drug-likeness (QED) is 0.618. The van der Waals surface area contributed by atoms with Crippen molar-refractivity contribution in [2.45, 2.75) is 38.6 Å². The second-order valence-corrected chi connectivity index (χ2v) is 5.06. The van der Waals surface area contributed by atoms with E-state index in [0.29, 0.717) is 6.42 Å². The molecule has 0 aromatic rings. The van der Waals surface area contributed by atoms with Crippen molar-refractivity contribution in [3.05, 3.63) is 0 Å². The third kappa shape index (κ3) is 6.85. The van der Waals surface area contributed by atoms with E-state index in [4.69, 9.17) is 5.11 Å². The van der Waals surface area contributed by atoms with Crippen molar-refractivity contribution in [3.8, 4) is 0 Å². The van der Waals surface area contributed by atoms with Crippen LogP contribution in [0.5, 0.6) is 0 Å². The standard InChI is InChI=1S/C8H17NO4S/c1-3-4-5-6-7(8(10)11)9-14(2,12)13/h7,9H,3-6H2,1-2H3,(H,10,11). The molecule has 0 aromatic heterocycles. The van der Waals surface area contributed by atoms with Crippen LogP contribution in [0.3, 0.4) is 0 Å². The molecule has 0 aliphatic heterocycles. The molecule has 0 amide bonds. The molecule has 2 N–H and O–H groups in total. The molecule has 1 unspecified atom stereocenters. The van der Waals surface area contributed by atoms with Gasteiger partial charge in [-0.15, -0.1) is 0 Å². The van der Waals surface area contributed by atoms with Crippen LogP contribution in [0.15, 0.2) is 0 Å². The second-order valence-electron chi connectivity index (χ2n) is 3.28. The van der Waals surface area contributed by atoms with Crippen LogP contribution in [0.25, 0.3) is 0 Å². The summed E-state index contributed by atoms with van der Waals surface area (Å²) in [7, 11) is -3.44. The van der Waals surface area contributed by atoms with Gasteiger partial charge >= 0.3 is 5.97 Å². The van der Waals surface area contributed by atoms with Gasteiger partial charge in [0.2, 0.25) is 10.0 Å². The highest BCUT2D eigenvalue weighted by Gasteiger charge is 2.20. The Bertz CT molecular complexity index is 273. The first-order chi connectivity index (χ1) is 6.37. The minimum Gasteiger partial charge on any atom is -0.480 e. The Kier molecular flexibility index (Phi) is 5.71. The highest BCUT2D eigenvalue weighted by molar-refractivity contribution is 7.88. The molecule has 0 aliphatic rings. The van der Waals surface area contributed by atoms with Gasteiger partial charge in [0.25, 0.3) is 0 Å². The SMILES string of the molecule is CCCCCC(NS(C)(=O)=O)C(=O)O. The first-order valence-electron chi connectivity index (χ1n) is 4.57. The predicted octanol–water partition coefficient (Wildman–Crippen LogP) is 0.569. The van der Waals surface area contributed by atoms with Gasteiger partial charge in [0, 0.05) is 0 Å². The fourth-order valence-electron chi connectivity index (χ4n) is 1.09. The van der Waals surface area contributed by atoms with Crippen LogP contribution in [0.2, 0.25) is 0 Å². The van der Waals surface area contributed by atoms with Crippen molar-refractivity contribution in [1.82, 2.24) is 4.72 Å². The van der Waals surface area contributed by atoms with Gasteiger partial charge in [-0.1, -0.05) is 26.2 Å². The highest BCUT2D eigenvalue weighted by atomic mass is 32.2. The zero-order chi connectivity index (χ0) is 11.2. The molecule has 6 heteroatoms. The third-order valence-electron chi connectivity index (χ3n) is 1.75. The summed E-state index contributed by atoms with van der Waals surface area (Å²) in [4.78, 5) is 10.6. The predicted molar refractivity (Wildman–Crippen MR) is 53.5 cm³/mol. The average Bonchev–Trinajstić information content (AvgIpc) is 2.00. The molecule has 0 saturated carbocycles. The number of sulfonamides is 1. The molecule has 0 radical (unpaired) electrons. The molecular weight excluding hydrogens is 206 g/mol. The zero-order valence-corrected chi connectivity index (χ0v) is 9.30. The fraction of sp³-hybridized carbons (Fsp3) is 0.875. The van der Waals surface area contributed by atoms with Crippen LogP contribution in [0, 0.1) is 0 Å². The number of carboxylic acid groups (broad SMARTS) is 1. The van der Waals surface area contributed by atoms with E-state index in [1.165, 1.54) is 0 Å². The van der Waals surface area contributed by atoms with Crippen molar-refractivity contribution >= 4 is 16.0 Å². The molecule has 14 heavy (non-hydrogen) atoms. The van der Waals surface area contributed by atoms with Gasteiger partial charge in [-0.3, -0.25) is 4.79 Å². The molecule has 0 aliphatic carbocycles. The Hall–Kier alpha value is -0.620. The van der Waals surface area contributed by atoms with E-state index < -0.39 is 22.0 Å². The number of carbonyl (C=O) groups is 1. The molecule has 0 heterocycles. The van der Waals surface area contributed by atoms with Gasteiger partial charge in [-0.2, -0.15) is 0 Å². The largest absolute Gasteiger partial charge is 0.480 e.